The van der Waals surface area contributed by atoms with Crippen LogP contribution >= 0.6 is 11.6 Å². The highest BCUT2D eigenvalue weighted by Crippen LogP contribution is 2.28. The van der Waals surface area contributed by atoms with Crippen molar-refractivity contribution in [3.63, 3.8) is 0 Å². The van der Waals surface area contributed by atoms with E-state index >= 15 is 0 Å². The molecule has 0 fully saturated rings. The molecule has 16 heavy (non-hydrogen) atoms. The van der Waals surface area contributed by atoms with E-state index in [9.17, 15) is 0 Å². The molecule has 78 valence electrons. The van der Waals surface area contributed by atoms with Crippen molar-refractivity contribution in [2.75, 3.05) is 0 Å². The SMILES string of the molecule is N#C/C(=C(/Cl)c1ccco1)c1ccncc1. The Labute approximate surface area is 97.6 Å². The monoisotopic (exact) mass is 230 g/mol. The average molecular weight is 231 g/mol. The molecule has 0 aliphatic carbocycles. The Bertz CT molecular complexity index is 538. The summed E-state index contributed by atoms with van der Waals surface area (Å²) in [7, 11) is 0. The summed E-state index contributed by atoms with van der Waals surface area (Å²) in [4.78, 5) is 3.89. The fourth-order valence-corrected chi connectivity index (χ4v) is 1.54. The summed E-state index contributed by atoms with van der Waals surface area (Å²) in [6, 6.07) is 8.95. The average Bonchev–Trinajstić information content (AvgIpc) is 2.85. The molecule has 3 nitrogen and oxygen atoms in total. The van der Waals surface area contributed by atoms with E-state index in [2.05, 4.69) is 11.1 Å². The molecule has 2 heterocycles. The first kappa shape index (κ1) is 10.5. The number of nitriles is 1. The quantitative estimate of drug-likeness (QED) is 0.744. The summed E-state index contributed by atoms with van der Waals surface area (Å²) in [6.45, 7) is 0. The zero-order chi connectivity index (χ0) is 11.4. The third-order valence-corrected chi connectivity index (χ3v) is 2.41. The molecule has 0 aliphatic rings. The van der Waals surface area contributed by atoms with Crippen LogP contribution in [0.5, 0.6) is 0 Å². The Balaban J connectivity index is 2.52. The van der Waals surface area contributed by atoms with Crippen LogP contribution in [-0.2, 0) is 0 Å². The van der Waals surface area contributed by atoms with Gasteiger partial charge in [-0.2, -0.15) is 5.26 Å². The molecule has 4 heteroatoms. The minimum atomic E-state index is 0.304. The predicted octanol–water partition coefficient (Wildman–Crippen LogP) is 3.31. The van der Waals surface area contributed by atoms with Gasteiger partial charge in [0, 0.05) is 12.4 Å². The van der Waals surface area contributed by atoms with Crippen molar-refractivity contribution in [3.05, 3.63) is 54.2 Å². The molecule has 0 saturated heterocycles. The van der Waals surface area contributed by atoms with E-state index in [1.807, 2.05) is 0 Å². The van der Waals surface area contributed by atoms with Crippen molar-refractivity contribution >= 4 is 22.2 Å². The fourth-order valence-electron chi connectivity index (χ4n) is 1.29. The van der Waals surface area contributed by atoms with E-state index in [4.69, 9.17) is 21.3 Å². The molecule has 0 aliphatic heterocycles. The van der Waals surface area contributed by atoms with Crippen molar-refractivity contribution in [1.82, 2.24) is 4.98 Å². The van der Waals surface area contributed by atoms with Gasteiger partial charge >= 0.3 is 0 Å². The van der Waals surface area contributed by atoms with Crippen LogP contribution in [-0.4, -0.2) is 4.98 Å². The Morgan fingerprint density at radius 2 is 2.06 bits per heavy atom. The third kappa shape index (κ3) is 1.97. The standard InChI is InChI=1S/C12H7ClN2O/c13-12(11-2-1-7-16-11)10(8-14)9-3-5-15-6-4-9/h1-7H/b12-10-. The molecule has 0 spiro atoms. The lowest BCUT2D eigenvalue weighted by Gasteiger charge is -2.00. The van der Waals surface area contributed by atoms with E-state index in [1.165, 1.54) is 6.26 Å². The van der Waals surface area contributed by atoms with Crippen molar-refractivity contribution in [2.45, 2.75) is 0 Å². The van der Waals surface area contributed by atoms with Crippen LogP contribution in [0.3, 0.4) is 0 Å². The predicted molar refractivity (Wildman–Crippen MR) is 61.2 cm³/mol. The Hall–Kier alpha value is -2.05. The zero-order valence-electron chi connectivity index (χ0n) is 8.22. The van der Waals surface area contributed by atoms with Gasteiger partial charge < -0.3 is 4.42 Å². The molecule has 0 unspecified atom stereocenters. The summed E-state index contributed by atoms with van der Waals surface area (Å²) < 4.78 is 5.14. The van der Waals surface area contributed by atoms with Crippen LogP contribution in [0.4, 0.5) is 0 Å². The second-order valence-corrected chi connectivity index (χ2v) is 3.39. The van der Waals surface area contributed by atoms with Crippen LogP contribution in [0.1, 0.15) is 11.3 Å². The maximum Gasteiger partial charge on any atom is 0.146 e. The maximum absolute atomic E-state index is 9.09. The highest BCUT2D eigenvalue weighted by molar-refractivity contribution is 6.52. The molecule has 2 aromatic heterocycles. The first-order valence-corrected chi connectivity index (χ1v) is 4.95. The molecule has 0 amide bonds. The molecule has 0 atom stereocenters. The number of hydrogen-bond donors (Lipinski definition) is 0. The van der Waals surface area contributed by atoms with Crippen molar-refractivity contribution < 1.29 is 4.42 Å². The summed E-state index contributed by atoms with van der Waals surface area (Å²) in [6.07, 6.45) is 4.73. The van der Waals surface area contributed by atoms with Gasteiger partial charge in [0.25, 0.3) is 0 Å². The number of pyridine rings is 1. The number of aromatic nitrogens is 1. The number of nitrogens with zero attached hydrogens (tertiary/aromatic N) is 2. The molecule has 0 saturated carbocycles. The summed E-state index contributed by atoms with van der Waals surface area (Å²) in [5.41, 5.74) is 1.10. The highest BCUT2D eigenvalue weighted by atomic mass is 35.5. The fraction of sp³-hybridized carbons (Fsp3) is 0. The van der Waals surface area contributed by atoms with Gasteiger partial charge in [-0.3, -0.25) is 4.98 Å². The van der Waals surface area contributed by atoms with Crippen molar-refractivity contribution in [3.8, 4) is 6.07 Å². The van der Waals surface area contributed by atoms with E-state index in [-0.39, 0.29) is 0 Å². The minimum absolute atomic E-state index is 0.304. The summed E-state index contributed by atoms with van der Waals surface area (Å²) in [5.74, 6) is 0.482. The van der Waals surface area contributed by atoms with E-state index < -0.39 is 0 Å². The van der Waals surface area contributed by atoms with Crippen LogP contribution in [0.15, 0.2) is 47.3 Å². The zero-order valence-corrected chi connectivity index (χ0v) is 8.98. The summed E-state index contributed by atoms with van der Waals surface area (Å²) >= 11 is 6.09. The number of rotatable bonds is 2. The molecule has 0 radical (unpaired) electrons. The van der Waals surface area contributed by atoms with Gasteiger partial charge in [-0.25, -0.2) is 0 Å². The van der Waals surface area contributed by atoms with E-state index in [0.29, 0.717) is 16.4 Å². The topological polar surface area (TPSA) is 49.8 Å². The van der Waals surface area contributed by atoms with Gasteiger partial charge in [-0.15, -0.1) is 0 Å². The first-order valence-electron chi connectivity index (χ1n) is 4.57. The lowest BCUT2D eigenvalue weighted by atomic mass is 10.1. The Kier molecular flexibility index (Phi) is 3.04. The number of furan rings is 1. The van der Waals surface area contributed by atoms with E-state index in [0.717, 1.165) is 5.56 Å². The van der Waals surface area contributed by atoms with Gasteiger partial charge in [-0.05, 0) is 29.8 Å². The third-order valence-electron chi connectivity index (χ3n) is 2.04. The largest absolute Gasteiger partial charge is 0.463 e. The van der Waals surface area contributed by atoms with Gasteiger partial charge in [0.1, 0.15) is 16.9 Å². The van der Waals surface area contributed by atoms with Gasteiger partial charge in [-0.1, -0.05) is 11.6 Å². The first-order chi connectivity index (χ1) is 7.83. The smallest absolute Gasteiger partial charge is 0.146 e. The lowest BCUT2D eigenvalue weighted by molar-refractivity contribution is 0.556. The Morgan fingerprint density at radius 1 is 1.31 bits per heavy atom. The number of allylic oxidation sites excluding steroid dienone is 1. The van der Waals surface area contributed by atoms with Crippen molar-refractivity contribution in [2.24, 2.45) is 0 Å². The molecule has 0 bridgehead atoms. The van der Waals surface area contributed by atoms with Crippen LogP contribution < -0.4 is 0 Å². The molecule has 0 aromatic carbocycles. The normalized spacial score (nSPS) is 11.8. The summed E-state index contributed by atoms with van der Waals surface area (Å²) in [5, 5.41) is 9.40. The van der Waals surface area contributed by atoms with Gasteiger partial charge in [0.15, 0.2) is 0 Å². The molecular formula is C12H7ClN2O. The number of hydrogen-bond acceptors (Lipinski definition) is 3. The van der Waals surface area contributed by atoms with Crippen LogP contribution in [0.25, 0.3) is 10.6 Å². The highest BCUT2D eigenvalue weighted by Gasteiger charge is 2.11. The van der Waals surface area contributed by atoms with Gasteiger partial charge in [0.05, 0.1) is 11.8 Å². The van der Waals surface area contributed by atoms with E-state index in [1.54, 1.807) is 36.7 Å². The lowest BCUT2D eigenvalue weighted by Crippen LogP contribution is -1.85. The maximum atomic E-state index is 9.09. The van der Waals surface area contributed by atoms with Crippen LogP contribution in [0.2, 0.25) is 0 Å². The van der Waals surface area contributed by atoms with Crippen molar-refractivity contribution in [1.29, 1.82) is 5.26 Å². The molecule has 0 N–H and O–H groups in total. The second kappa shape index (κ2) is 4.65. The second-order valence-electron chi connectivity index (χ2n) is 3.01. The molecule has 2 rings (SSSR count). The van der Waals surface area contributed by atoms with Gasteiger partial charge in [0.2, 0.25) is 0 Å². The molecular weight excluding hydrogens is 224 g/mol. The number of halogens is 1. The Morgan fingerprint density at radius 3 is 2.62 bits per heavy atom. The van der Waals surface area contributed by atoms with Crippen LogP contribution in [0, 0.1) is 11.3 Å². The molecule has 2 aromatic rings. The minimum Gasteiger partial charge on any atom is -0.463 e.